The second-order valence-electron chi connectivity index (χ2n) is 8.16. The summed E-state index contributed by atoms with van der Waals surface area (Å²) in [6.07, 6.45) is 6.37. The molecule has 142 valence electrons. The molecule has 1 heterocycles. The van der Waals surface area contributed by atoms with E-state index in [1.165, 1.54) is 18.4 Å². The minimum Gasteiger partial charge on any atom is -0.352 e. The predicted molar refractivity (Wildman–Crippen MR) is 104 cm³/mol. The molecule has 26 heavy (non-hydrogen) atoms. The summed E-state index contributed by atoms with van der Waals surface area (Å²) in [5.41, 5.74) is 3.12. The van der Waals surface area contributed by atoms with Gasteiger partial charge >= 0.3 is 0 Å². The van der Waals surface area contributed by atoms with Gasteiger partial charge in [0.15, 0.2) is 5.78 Å². The Kier molecular flexibility index (Phi) is 6.13. The van der Waals surface area contributed by atoms with Crippen molar-refractivity contribution in [1.82, 2.24) is 10.2 Å². The highest BCUT2D eigenvalue weighted by molar-refractivity contribution is 5.99. The third-order valence-electron chi connectivity index (χ3n) is 6.18. The highest BCUT2D eigenvalue weighted by Crippen LogP contribution is 2.25. The van der Waals surface area contributed by atoms with Crippen LogP contribution < -0.4 is 5.32 Å². The molecule has 1 saturated heterocycles. The Morgan fingerprint density at radius 2 is 1.73 bits per heavy atom. The molecule has 0 bridgehead atoms. The molecular weight excluding hydrogens is 324 g/mol. The van der Waals surface area contributed by atoms with Crippen molar-refractivity contribution in [3.05, 3.63) is 34.9 Å². The predicted octanol–water partition coefficient (Wildman–Crippen LogP) is 3.65. The molecule has 0 aromatic heterocycles. The lowest BCUT2D eigenvalue weighted by molar-refractivity contribution is -0.127. The first-order chi connectivity index (χ1) is 12.5. The van der Waals surface area contributed by atoms with E-state index >= 15 is 0 Å². The van der Waals surface area contributed by atoms with Gasteiger partial charge < -0.3 is 5.32 Å². The van der Waals surface area contributed by atoms with Gasteiger partial charge in [0.25, 0.3) is 0 Å². The lowest BCUT2D eigenvalue weighted by atomic mass is 9.86. The normalized spacial score (nSPS) is 20.9. The molecule has 4 nitrogen and oxygen atoms in total. The third-order valence-corrected chi connectivity index (χ3v) is 6.18. The molecule has 1 saturated carbocycles. The number of likely N-dealkylation sites (tertiary alicyclic amines) is 1. The number of amides is 1. The van der Waals surface area contributed by atoms with Crippen molar-refractivity contribution < 1.29 is 9.59 Å². The van der Waals surface area contributed by atoms with E-state index in [1.807, 2.05) is 26.0 Å². The van der Waals surface area contributed by atoms with Gasteiger partial charge in [-0.1, -0.05) is 36.6 Å². The minimum absolute atomic E-state index is 0.0812. The van der Waals surface area contributed by atoms with Gasteiger partial charge in [-0.25, -0.2) is 0 Å². The molecule has 1 aromatic carbocycles. The van der Waals surface area contributed by atoms with Gasteiger partial charge in [0.05, 0.1) is 6.04 Å². The maximum absolute atomic E-state index is 12.9. The fraction of sp³-hybridized carbons (Fsp3) is 0.636. The van der Waals surface area contributed by atoms with Crippen molar-refractivity contribution in [2.45, 2.75) is 71.4 Å². The summed E-state index contributed by atoms with van der Waals surface area (Å²) in [7, 11) is 0. The summed E-state index contributed by atoms with van der Waals surface area (Å²) >= 11 is 0. The summed E-state index contributed by atoms with van der Waals surface area (Å²) in [4.78, 5) is 27.6. The Hall–Kier alpha value is -1.68. The van der Waals surface area contributed by atoms with Crippen LogP contribution in [0.25, 0.3) is 0 Å². The van der Waals surface area contributed by atoms with Crippen LogP contribution in [0.1, 0.15) is 66.9 Å². The first kappa shape index (κ1) is 19.1. The van der Waals surface area contributed by atoms with Crippen molar-refractivity contribution >= 4 is 11.7 Å². The van der Waals surface area contributed by atoms with E-state index in [9.17, 15) is 9.59 Å². The highest BCUT2D eigenvalue weighted by atomic mass is 16.2. The zero-order valence-corrected chi connectivity index (χ0v) is 16.4. The lowest BCUT2D eigenvalue weighted by Gasteiger charge is -2.35. The number of carbonyl (C=O) groups is 2. The molecule has 4 heteroatoms. The summed E-state index contributed by atoms with van der Waals surface area (Å²) in [5, 5.41) is 3.20. The SMILES string of the molecule is Cc1ccc(C(=O)C2CCN([C@H](C)C(=O)NC3CCCC3)CC2)c(C)c1. The first-order valence-corrected chi connectivity index (χ1v) is 10.1. The second kappa shape index (κ2) is 8.34. The number of rotatable bonds is 5. The van der Waals surface area contributed by atoms with Gasteiger partial charge in [0.1, 0.15) is 0 Å². The second-order valence-corrected chi connectivity index (χ2v) is 8.16. The van der Waals surface area contributed by atoms with Crippen molar-refractivity contribution in [3.63, 3.8) is 0 Å². The van der Waals surface area contributed by atoms with Crippen LogP contribution in [-0.4, -0.2) is 41.8 Å². The number of carbonyl (C=O) groups excluding carboxylic acids is 2. The Morgan fingerprint density at radius 3 is 2.35 bits per heavy atom. The Labute approximate surface area is 157 Å². The number of nitrogens with one attached hydrogen (secondary N) is 1. The average molecular weight is 357 g/mol. The van der Waals surface area contributed by atoms with Gasteiger partial charge in [0, 0.05) is 17.5 Å². The fourth-order valence-electron chi connectivity index (χ4n) is 4.42. The van der Waals surface area contributed by atoms with Crippen LogP contribution in [-0.2, 0) is 4.79 Å². The largest absolute Gasteiger partial charge is 0.352 e. The van der Waals surface area contributed by atoms with E-state index in [0.717, 1.165) is 49.9 Å². The zero-order chi connectivity index (χ0) is 18.7. The zero-order valence-electron chi connectivity index (χ0n) is 16.4. The molecule has 1 aliphatic heterocycles. The van der Waals surface area contributed by atoms with Crippen LogP contribution in [0.5, 0.6) is 0 Å². The van der Waals surface area contributed by atoms with Crippen molar-refractivity contribution in [3.8, 4) is 0 Å². The maximum atomic E-state index is 12.9. The minimum atomic E-state index is -0.104. The molecule has 1 amide bonds. The summed E-state index contributed by atoms with van der Waals surface area (Å²) in [6, 6.07) is 6.33. The smallest absolute Gasteiger partial charge is 0.237 e. The summed E-state index contributed by atoms with van der Waals surface area (Å²) < 4.78 is 0. The topological polar surface area (TPSA) is 49.4 Å². The number of benzene rings is 1. The Bertz CT molecular complexity index is 656. The van der Waals surface area contributed by atoms with Crippen LogP contribution in [0.4, 0.5) is 0 Å². The van der Waals surface area contributed by atoms with Crippen molar-refractivity contribution in [1.29, 1.82) is 0 Å². The Morgan fingerprint density at radius 1 is 1.08 bits per heavy atom. The highest BCUT2D eigenvalue weighted by Gasteiger charge is 2.31. The molecule has 0 radical (unpaired) electrons. The molecule has 1 aliphatic carbocycles. The third kappa shape index (κ3) is 4.35. The van der Waals surface area contributed by atoms with E-state index in [1.54, 1.807) is 0 Å². The summed E-state index contributed by atoms with van der Waals surface area (Å²) in [6.45, 7) is 7.71. The first-order valence-electron chi connectivity index (χ1n) is 10.1. The fourth-order valence-corrected chi connectivity index (χ4v) is 4.42. The van der Waals surface area contributed by atoms with Crippen LogP contribution in [0.2, 0.25) is 0 Å². The molecule has 3 rings (SSSR count). The Balaban J connectivity index is 1.53. The van der Waals surface area contributed by atoms with Crippen LogP contribution in [0, 0.1) is 19.8 Å². The van der Waals surface area contributed by atoms with Crippen LogP contribution in [0.15, 0.2) is 18.2 Å². The monoisotopic (exact) mass is 356 g/mol. The van der Waals surface area contributed by atoms with Crippen molar-refractivity contribution in [2.24, 2.45) is 5.92 Å². The molecular formula is C22H32N2O2. The van der Waals surface area contributed by atoms with Crippen molar-refractivity contribution in [2.75, 3.05) is 13.1 Å². The number of aryl methyl sites for hydroxylation is 2. The average Bonchev–Trinajstić information content (AvgIpc) is 3.13. The van der Waals surface area contributed by atoms with Gasteiger partial charge in [-0.2, -0.15) is 0 Å². The molecule has 1 atom stereocenters. The molecule has 2 fully saturated rings. The number of nitrogens with zero attached hydrogens (tertiary/aromatic N) is 1. The standard InChI is InChI=1S/C22H32N2O2/c1-15-8-9-20(16(2)14-15)21(25)18-10-12-24(13-11-18)17(3)22(26)23-19-6-4-5-7-19/h8-9,14,17-19H,4-7,10-13H2,1-3H3,(H,23,26)/t17-/m1/s1. The quantitative estimate of drug-likeness (QED) is 0.820. The van der Waals surface area contributed by atoms with Gasteiger partial charge in [0.2, 0.25) is 5.91 Å². The number of hydrogen-bond acceptors (Lipinski definition) is 3. The van der Waals surface area contributed by atoms with Gasteiger partial charge in [-0.15, -0.1) is 0 Å². The molecule has 0 unspecified atom stereocenters. The molecule has 0 spiro atoms. The van der Waals surface area contributed by atoms with Crippen LogP contribution in [0.3, 0.4) is 0 Å². The summed E-state index contributed by atoms with van der Waals surface area (Å²) in [5.74, 6) is 0.499. The molecule has 1 N–H and O–H groups in total. The van der Waals surface area contributed by atoms with E-state index < -0.39 is 0 Å². The number of piperidine rings is 1. The maximum Gasteiger partial charge on any atom is 0.237 e. The van der Waals surface area contributed by atoms with Gasteiger partial charge in [-0.3, -0.25) is 14.5 Å². The molecule has 1 aromatic rings. The number of ketones is 1. The van der Waals surface area contributed by atoms with E-state index in [-0.39, 0.29) is 23.7 Å². The van der Waals surface area contributed by atoms with E-state index in [4.69, 9.17) is 0 Å². The van der Waals surface area contributed by atoms with E-state index in [2.05, 4.69) is 23.2 Å². The van der Waals surface area contributed by atoms with Crippen LogP contribution >= 0.6 is 0 Å². The molecule has 2 aliphatic rings. The number of Topliss-reactive ketones (excluding diaryl/α,β-unsaturated/α-hetero) is 1. The van der Waals surface area contributed by atoms with Gasteiger partial charge in [-0.05, 0) is 65.1 Å². The number of hydrogen-bond donors (Lipinski definition) is 1. The lowest BCUT2D eigenvalue weighted by Crippen LogP contribution is -2.50. The van der Waals surface area contributed by atoms with E-state index in [0.29, 0.717) is 6.04 Å².